The number of halogens is 1. The fraction of sp³-hybridized carbons (Fsp3) is 0.200. The van der Waals surface area contributed by atoms with Crippen LogP contribution in [0.15, 0.2) is 36.5 Å². The zero-order chi connectivity index (χ0) is 14.7. The Bertz CT molecular complexity index is 661. The smallest absolute Gasteiger partial charge is 0.251 e. The molecule has 108 valence electrons. The Hall–Kier alpha value is -2.27. The summed E-state index contributed by atoms with van der Waals surface area (Å²) < 4.78 is 10.9. The van der Waals surface area contributed by atoms with Crippen LogP contribution < -0.4 is 14.8 Å². The molecule has 1 aliphatic rings. The van der Waals surface area contributed by atoms with E-state index in [-0.39, 0.29) is 5.91 Å². The van der Waals surface area contributed by atoms with Crippen LogP contribution in [-0.4, -0.2) is 24.1 Å². The van der Waals surface area contributed by atoms with Gasteiger partial charge in [-0.3, -0.25) is 9.78 Å². The van der Waals surface area contributed by atoms with Crippen LogP contribution in [0.2, 0.25) is 5.02 Å². The number of hydrogen-bond donors (Lipinski definition) is 1. The number of fused-ring (bicyclic) bond motifs is 1. The molecule has 0 saturated heterocycles. The summed E-state index contributed by atoms with van der Waals surface area (Å²) in [6, 6.07) is 8.75. The number of nitrogens with zero attached hydrogens (tertiary/aromatic N) is 1. The summed E-state index contributed by atoms with van der Waals surface area (Å²) in [6.45, 7) is 1.26. The molecule has 0 atom stereocenters. The van der Waals surface area contributed by atoms with Crippen molar-refractivity contribution in [2.75, 3.05) is 13.2 Å². The normalized spacial score (nSPS) is 12.8. The first kappa shape index (κ1) is 13.7. The van der Waals surface area contributed by atoms with Crippen molar-refractivity contribution in [3.8, 4) is 11.5 Å². The lowest BCUT2D eigenvalue weighted by Gasteiger charge is -2.20. The van der Waals surface area contributed by atoms with Crippen molar-refractivity contribution in [3.05, 3.63) is 52.8 Å². The molecule has 3 rings (SSSR count). The number of aromatic nitrogens is 1. The molecule has 2 heterocycles. The first-order chi connectivity index (χ1) is 10.2. The van der Waals surface area contributed by atoms with E-state index in [0.717, 1.165) is 5.69 Å². The van der Waals surface area contributed by atoms with E-state index in [0.29, 0.717) is 41.8 Å². The van der Waals surface area contributed by atoms with E-state index >= 15 is 0 Å². The number of nitrogens with one attached hydrogen (secondary N) is 1. The van der Waals surface area contributed by atoms with Gasteiger partial charge < -0.3 is 14.8 Å². The van der Waals surface area contributed by atoms with Crippen LogP contribution in [0.4, 0.5) is 0 Å². The maximum atomic E-state index is 12.2. The van der Waals surface area contributed by atoms with Gasteiger partial charge in [-0.2, -0.15) is 0 Å². The minimum absolute atomic E-state index is 0.237. The Morgan fingerprint density at radius 1 is 1.29 bits per heavy atom. The summed E-state index contributed by atoms with van der Waals surface area (Å²) in [5, 5.41) is 3.16. The van der Waals surface area contributed by atoms with Crippen LogP contribution in [-0.2, 0) is 6.54 Å². The lowest BCUT2D eigenvalue weighted by atomic mass is 10.1. The summed E-state index contributed by atoms with van der Waals surface area (Å²) in [4.78, 5) is 16.3. The van der Waals surface area contributed by atoms with E-state index in [1.54, 1.807) is 18.3 Å². The fourth-order valence-corrected chi connectivity index (χ4v) is 2.28. The monoisotopic (exact) mass is 304 g/mol. The molecule has 0 bridgehead atoms. The van der Waals surface area contributed by atoms with E-state index in [1.807, 2.05) is 18.2 Å². The predicted octanol–water partition coefficient (Wildman–Crippen LogP) is 2.44. The van der Waals surface area contributed by atoms with E-state index in [9.17, 15) is 4.79 Å². The number of benzene rings is 1. The molecule has 1 aromatic carbocycles. The Kier molecular flexibility index (Phi) is 3.92. The van der Waals surface area contributed by atoms with Gasteiger partial charge in [0.1, 0.15) is 13.2 Å². The second kappa shape index (κ2) is 6.01. The molecule has 1 aromatic heterocycles. The zero-order valence-corrected chi connectivity index (χ0v) is 11.9. The average Bonchev–Trinajstić information content (AvgIpc) is 2.53. The number of amides is 1. The third-order valence-electron chi connectivity index (χ3n) is 3.02. The number of rotatable bonds is 3. The van der Waals surface area contributed by atoms with Gasteiger partial charge in [0.05, 0.1) is 17.3 Å². The number of hydrogen-bond acceptors (Lipinski definition) is 4. The third kappa shape index (κ3) is 3.08. The van der Waals surface area contributed by atoms with Crippen LogP contribution in [0, 0.1) is 0 Å². The Labute approximate surface area is 126 Å². The molecule has 0 radical (unpaired) electrons. The van der Waals surface area contributed by atoms with Crippen molar-refractivity contribution >= 4 is 17.5 Å². The van der Waals surface area contributed by atoms with Crippen molar-refractivity contribution in [3.63, 3.8) is 0 Å². The summed E-state index contributed by atoms with van der Waals surface area (Å²) in [7, 11) is 0. The van der Waals surface area contributed by atoms with Crippen LogP contribution in [0.5, 0.6) is 11.5 Å². The van der Waals surface area contributed by atoms with Crippen molar-refractivity contribution in [2.24, 2.45) is 0 Å². The topological polar surface area (TPSA) is 60.5 Å². The highest BCUT2D eigenvalue weighted by Gasteiger charge is 2.19. The van der Waals surface area contributed by atoms with Crippen molar-refractivity contribution in [2.45, 2.75) is 6.54 Å². The van der Waals surface area contributed by atoms with Gasteiger partial charge in [-0.15, -0.1) is 0 Å². The lowest BCUT2D eigenvalue weighted by molar-refractivity contribution is 0.0949. The third-order valence-corrected chi connectivity index (χ3v) is 3.30. The van der Waals surface area contributed by atoms with Gasteiger partial charge in [-0.1, -0.05) is 17.7 Å². The van der Waals surface area contributed by atoms with E-state index in [1.165, 1.54) is 0 Å². The van der Waals surface area contributed by atoms with Crippen LogP contribution >= 0.6 is 11.6 Å². The Morgan fingerprint density at radius 2 is 2.14 bits per heavy atom. The van der Waals surface area contributed by atoms with E-state index < -0.39 is 0 Å². The summed E-state index contributed by atoms with van der Waals surface area (Å²) >= 11 is 6.11. The number of carbonyl (C=O) groups excluding carboxylic acids is 1. The molecule has 1 N–H and O–H groups in total. The van der Waals surface area contributed by atoms with Crippen LogP contribution in [0.1, 0.15) is 16.1 Å². The van der Waals surface area contributed by atoms with E-state index in [4.69, 9.17) is 21.1 Å². The minimum Gasteiger partial charge on any atom is -0.486 e. The van der Waals surface area contributed by atoms with Crippen molar-refractivity contribution in [1.29, 1.82) is 0 Å². The molecular formula is C15H13ClN2O3. The molecule has 0 aliphatic carbocycles. The zero-order valence-electron chi connectivity index (χ0n) is 11.1. The average molecular weight is 305 g/mol. The molecule has 21 heavy (non-hydrogen) atoms. The fourth-order valence-electron chi connectivity index (χ4n) is 2.02. The Morgan fingerprint density at radius 3 is 2.95 bits per heavy atom. The SMILES string of the molecule is O=C(NCc1ccccn1)c1cc(Cl)c2c(c1)OCCO2. The maximum absolute atomic E-state index is 12.2. The Balaban J connectivity index is 1.74. The molecule has 1 amide bonds. The van der Waals surface area contributed by atoms with Gasteiger partial charge in [-0.25, -0.2) is 0 Å². The molecule has 2 aromatic rings. The highest BCUT2D eigenvalue weighted by molar-refractivity contribution is 6.32. The van der Waals surface area contributed by atoms with Gasteiger partial charge >= 0.3 is 0 Å². The summed E-state index contributed by atoms with van der Waals surface area (Å²) in [5.41, 5.74) is 1.22. The molecular weight excluding hydrogens is 292 g/mol. The predicted molar refractivity (Wildman–Crippen MR) is 77.8 cm³/mol. The van der Waals surface area contributed by atoms with Gasteiger partial charge in [0.15, 0.2) is 11.5 Å². The maximum Gasteiger partial charge on any atom is 0.251 e. The summed E-state index contributed by atoms with van der Waals surface area (Å²) in [6.07, 6.45) is 1.68. The molecule has 6 heteroatoms. The molecule has 0 unspecified atom stereocenters. The first-order valence-corrected chi connectivity index (χ1v) is 6.89. The highest BCUT2D eigenvalue weighted by atomic mass is 35.5. The first-order valence-electron chi connectivity index (χ1n) is 6.51. The molecule has 0 saturated carbocycles. The molecule has 5 nitrogen and oxygen atoms in total. The quantitative estimate of drug-likeness (QED) is 0.946. The van der Waals surface area contributed by atoms with Gasteiger partial charge in [-0.05, 0) is 24.3 Å². The number of ether oxygens (including phenoxy) is 2. The summed E-state index contributed by atoms with van der Waals surface area (Å²) in [5.74, 6) is 0.750. The lowest BCUT2D eigenvalue weighted by Crippen LogP contribution is -2.24. The number of carbonyl (C=O) groups is 1. The number of pyridine rings is 1. The second-order valence-electron chi connectivity index (χ2n) is 4.49. The van der Waals surface area contributed by atoms with Crippen LogP contribution in [0.25, 0.3) is 0 Å². The molecule has 1 aliphatic heterocycles. The second-order valence-corrected chi connectivity index (χ2v) is 4.89. The van der Waals surface area contributed by atoms with Crippen molar-refractivity contribution < 1.29 is 14.3 Å². The minimum atomic E-state index is -0.237. The van der Waals surface area contributed by atoms with Crippen molar-refractivity contribution in [1.82, 2.24) is 10.3 Å². The standard InChI is InChI=1S/C15H13ClN2O3/c16-12-7-10(8-13-14(12)21-6-5-20-13)15(19)18-9-11-3-1-2-4-17-11/h1-4,7-8H,5-6,9H2,(H,18,19). The van der Waals surface area contributed by atoms with E-state index in [2.05, 4.69) is 10.3 Å². The van der Waals surface area contributed by atoms with Crippen LogP contribution in [0.3, 0.4) is 0 Å². The molecule has 0 spiro atoms. The molecule has 0 fully saturated rings. The largest absolute Gasteiger partial charge is 0.486 e. The van der Waals surface area contributed by atoms with Gasteiger partial charge in [0.25, 0.3) is 5.91 Å². The van der Waals surface area contributed by atoms with Gasteiger partial charge in [0.2, 0.25) is 0 Å². The van der Waals surface area contributed by atoms with Gasteiger partial charge in [0, 0.05) is 11.8 Å². The highest BCUT2D eigenvalue weighted by Crippen LogP contribution is 2.38.